The quantitative estimate of drug-likeness (QED) is 0.719. The lowest BCUT2D eigenvalue weighted by Gasteiger charge is -2.38. The van der Waals surface area contributed by atoms with Crippen LogP contribution in [0.2, 0.25) is 0 Å². The first-order valence-electron chi connectivity index (χ1n) is 7.74. The molecular weight excluding hydrogens is 304 g/mol. The zero-order chi connectivity index (χ0) is 15.6. The molecule has 0 spiro atoms. The second-order valence-corrected chi connectivity index (χ2v) is 6.54. The molecule has 0 saturated heterocycles. The SMILES string of the molecule is COc1ccc2c(c1)CCN(c1ccccc1)C2c1nccs1. The third kappa shape index (κ3) is 2.59. The average Bonchev–Trinajstić information content (AvgIpc) is 3.15. The molecule has 3 aromatic rings. The number of ether oxygens (including phenoxy) is 1. The van der Waals surface area contributed by atoms with E-state index in [0.717, 1.165) is 23.7 Å². The summed E-state index contributed by atoms with van der Waals surface area (Å²) in [4.78, 5) is 7.05. The van der Waals surface area contributed by atoms with E-state index in [2.05, 4.69) is 57.7 Å². The first-order chi connectivity index (χ1) is 11.4. The maximum Gasteiger partial charge on any atom is 0.120 e. The van der Waals surface area contributed by atoms with E-state index in [4.69, 9.17) is 4.74 Å². The predicted octanol–water partition coefficient (Wildman–Crippen LogP) is 4.30. The van der Waals surface area contributed by atoms with Gasteiger partial charge in [-0.3, -0.25) is 0 Å². The highest BCUT2D eigenvalue weighted by Crippen LogP contribution is 2.39. The molecule has 0 aliphatic carbocycles. The monoisotopic (exact) mass is 322 g/mol. The normalized spacial score (nSPS) is 16.9. The number of rotatable bonds is 3. The molecule has 0 fully saturated rings. The van der Waals surface area contributed by atoms with Crippen LogP contribution in [-0.2, 0) is 6.42 Å². The van der Waals surface area contributed by atoms with E-state index in [1.165, 1.54) is 16.8 Å². The molecule has 1 atom stereocenters. The highest BCUT2D eigenvalue weighted by atomic mass is 32.1. The van der Waals surface area contributed by atoms with Gasteiger partial charge in [0, 0.05) is 23.8 Å². The van der Waals surface area contributed by atoms with Gasteiger partial charge < -0.3 is 9.64 Å². The number of aromatic nitrogens is 1. The van der Waals surface area contributed by atoms with Crippen molar-refractivity contribution in [3.63, 3.8) is 0 Å². The van der Waals surface area contributed by atoms with Gasteiger partial charge in [0.15, 0.2) is 0 Å². The Bertz CT molecular complexity index is 786. The minimum atomic E-state index is 0.173. The van der Waals surface area contributed by atoms with Gasteiger partial charge in [0.25, 0.3) is 0 Å². The Hall–Kier alpha value is -2.33. The van der Waals surface area contributed by atoms with Crippen LogP contribution < -0.4 is 9.64 Å². The van der Waals surface area contributed by atoms with E-state index in [1.54, 1.807) is 18.4 Å². The fraction of sp³-hybridized carbons (Fsp3) is 0.211. The second-order valence-electron chi connectivity index (χ2n) is 5.62. The van der Waals surface area contributed by atoms with Crippen LogP contribution in [0.4, 0.5) is 5.69 Å². The summed E-state index contributed by atoms with van der Waals surface area (Å²) in [6.45, 7) is 0.981. The van der Waals surface area contributed by atoms with Gasteiger partial charge in [-0.1, -0.05) is 24.3 Å². The molecule has 0 bridgehead atoms. The number of hydrogen-bond donors (Lipinski definition) is 0. The van der Waals surface area contributed by atoms with Gasteiger partial charge in [-0.15, -0.1) is 11.3 Å². The molecule has 4 heteroatoms. The van der Waals surface area contributed by atoms with Gasteiger partial charge in [0.05, 0.1) is 7.11 Å². The summed E-state index contributed by atoms with van der Waals surface area (Å²) in [6, 6.07) is 17.2. The Labute approximate surface area is 140 Å². The molecule has 1 unspecified atom stereocenters. The second kappa shape index (κ2) is 6.05. The zero-order valence-electron chi connectivity index (χ0n) is 13.0. The maximum atomic E-state index is 5.39. The highest BCUT2D eigenvalue weighted by Gasteiger charge is 2.30. The number of para-hydroxylation sites is 1. The van der Waals surface area contributed by atoms with Gasteiger partial charge in [0.1, 0.15) is 16.8 Å². The van der Waals surface area contributed by atoms with Crippen molar-refractivity contribution in [2.45, 2.75) is 12.5 Å². The third-order valence-electron chi connectivity index (χ3n) is 4.35. The van der Waals surface area contributed by atoms with Crippen molar-refractivity contribution in [2.75, 3.05) is 18.6 Å². The van der Waals surface area contributed by atoms with Crippen molar-refractivity contribution in [3.05, 3.63) is 76.2 Å². The van der Waals surface area contributed by atoms with Crippen LogP contribution in [0, 0.1) is 0 Å². The number of fused-ring (bicyclic) bond motifs is 1. The smallest absolute Gasteiger partial charge is 0.120 e. The largest absolute Gasteiger partial charge is 0.497 e. The number of hydrogen-bond acceptors (Lipinski definition) is 4. The predicted molar refractivity (Wildman–Crippen MR) is 94.4 cm³/mol. The lowest BCUT2D eigenvalue weighted by Crippen LogP contribution is -2.36. The molecule has 0 N–H and O–H groups in total. The summed E-state index contributed by atoms with van der Waals surface area (Å²) in [5.74, 6) is 0.926. The first-order valence-corrected chi connectivity index (χ1v) is 8.62. The molecule has 2 aromatic carbocycles. The number of anilines is 1. The van der Waals surface area contributed by atoms with Crippen molar-refractivity contribution in [3.8, 4) is 5.75 Å². The number of benzene rings is 2. The Morgan fingerprint density at radius 2 is 2.04 bits per heavy atom. The van der Waals surface area contributed by atoms with E-state index < -0.39 is 0 Å². The summed E-state index contributed by atoms with van der Waals surface area (Å²) in [6.07, 6.45) is 2.91. The molecule has 4 rings (SSSR count). The Morgan fingerprint density at radius 1 is 1.17 bits per heavy atom. The lowest BCUT2D eigenvalue weighted by molar-refractivity contribution is 0.413. The van der Waals surface area contributed by atoms with Crippen molar-refractivity contribution in [2.24, 2.45) is 0 Å². The lowest BCUT2D eigenvalue weighted by atomic mass is 9.92. The van der Waals surface area contributed by atoms with Crippen molar-refractivity contribution in [1.29, 1.82) is 0 Å². The van der Waals surface area contributed by atoms with Crippen molar-refractivity contribution in [1.82, 2.24) is 4.98 Å². The van der Waals surface area contributed by atoms with Gasteiger partial charge in [-0.25, -0.2) is 4.98 Å². The molecule has 0 radical (unpaired) electrons. The van der Waals surface area contributed by atoms with Gasteiger partial charge >= 0.3 is 0 Å². The number of methoxy groups -OCH3 is 1. The summed E-state index contributed by atoms with van der Waals surface area (Å²) >= 11 is 1.72. The topological polar surface area (TPSA) is 25.4 Å². The van der Waals surface area contributed by atoms with Crippen LogP contribution in [0.15, 0.2) is 60.1 Å². The van der Waals surface area contributed by atoms with Crippen molar-refractivity contribution >= 4 is 17.0 Å². The van der Waals surface area contributed by atoms with Crippen LogP contribution in [0.3, 0.4) is 0 Å². The molecule has 2 heterocycles. The van der Waals surface area contributed by atoms with Gasteiger partial charge in [-0.05, 0) is 41.8 Å². The van der Waals surface area contributed by atoms with Crippen LogP contribution >= 0.6 is 11.3 Å². The van der Waals surface area contributed by atoms with E-state index in [0.29, 0.717) is 0 Å². The summed E-state index contributed by atoms with van der Waals surface area (Å²) in [5.41, 5.74) is 3.93. The summed E-state index contributed by atoms with van der Waals surface area (Å²) in [5, 5.41) is 3.19. The number of thiazole rings is 1. The molecule has 1 aliphatic rings. The van der Waals surface area contributed by atoms with Crippen LogP contribution in [-0.4, -0.2) is 18.6 Å². The fourth-order valence-electron chi connectivity index (χ4n) is 3.26. The average molecular weight is 322 g/mol. The van der Waals surface area contributed by atoms with E-state index in [9.17, 15) is 0 Å². The summed E-state index contributed by atoms with van der Waals surface area (Å²) in [7, 11) is 1.72. The Morgan fingerprint density at radius 3 is 2.78 bits per heavy atom. The van der Waals surface area contributed by atoms with Crippen LogP contribution in [0.25, 0.3) is 0 Å². The van der Waals surface area contributed by atoms with Crippen molar-refractivity contribution < 1.29 is 4.74 Å². The summed E-state index contributed by atoms with van der Waals surface area (Å²) < 4.78 is 5.39. The molecule has 1 aromatic heterocycles. The molecule has 3 nitrogen and oxygen atoms in total. The standard InChI is InChI=1S/C19H18N2OS/c1-22-16-7-8-17-14(13-16)9-11-21(15-5-3-2-4-6-15)18(17)19-20-10-12-23-19/h2-8,10,12-13,18H,9,11H2,1H3. The zero-order valence-corrected chi connectivity index (χ0v) is 13.8. The molecule has 0 amide bonds. The minimum absolute atomic E-state index is 0.173. The van der Waals surface area contributed by atoms with Crippen LogP contribution in [0.1, 0.15) is 22.2 Å². The third-order valence-corrected chi connectivity index (χ3v) is 5.18. The van der Waals surface area contributed by atoms with E-state index in [-0.39, 0.29) is 6.04 Å². The molecular formula is C19H18N2OS. The van der Waals surface area contributed by atoms with Gasteiger partial charge in [0.2, 0.25) is 0 Å². The molecule has 0 saturated carbocycles. The fourth-order valence-corrected chi connectivity index (χ4v) is 4.03. The Balaban J connectivity index is 1.83. The molecule has 116 valence electrons. The highest BCUT2D eigenvalue weighted by molar-refractivity contribution is 7.09. The molecule has 23 heavy (non-hydrogen) atoms. The molecule has 1 aliphatic heterocycles. The number of nitrogens with zero attached hydrogens (tertiary/aromatic N) is 2. The maximum absolute atomic E-state index is 5.39. The first kappa shape index (κ1) is 14.3. The minimum Gasteiger partial charge on any atom is -0.497 e. The van der Waals surface area contributed by atoms with E-state index >= 15 is 0 Å². The van der Waals surface area contributed by atoms with Crippen LogP contribution in [0.5, 0.6) is 5.75 Å². The Kier molecular flexibility index (Phi) is 3.75. The van der Waals surface area contributed by atoms with E-state index in [1.807, 2.05) is 12.3 Å². The van der Waals surface area contributed by atoms with Gasteiger partial charge in [-0.2, -0.15) is 0 Å².